The molecule has 2 N–H and O–H groups in total. The number of hydrogen-bond acceptors (Lipinski definition) is 1. The zero-order valence-electron chi connectivity index (χ0n) is 9.77. The van der Waals surface area contributed by atoms with Crippen LogP contribution in [0.4, 0.5) is 0 Å². The lowest BCUT2D eigenvalue weighted by Crippen LogP contribution is -2.09. The SMILES string of the molecule is NCCc1cccn1CCc1cccc(Cl)c1. The smallest absolute Gasteiger partial charge is 0.0408 e. The van der Waals surface area contributed by atoms with E-state index in [4.69, 9.17) is 17.3 Å². The fourth-order valence-corrected chi connectivity index (χ4v) is 2.20. The van der Waals surface area contributed by atoms with Gasteiger partial charge in [0, 0.05) is 23.5 Å². The summed E-state index contributed by atoms with van der Waals surface area (Å²) in [7, 11) is 0. The summed E-state index contributed by atoms with van der Waals surface area (Å²) in [4.78, 5) is 0. The Morgan fingerprint density at radius 2 is 2.00 bits per heavy atom. The van der Waals surface area contributed by atoms with Gasteiger partial charge < -0.3 is 10.3 Å². The van der Waals surface area contributed by atoms with Gasteiger partial charge in [-0.05, 0) is 49.2 Å². The summed E-state index contributed by atoms with van der Waals surface area (Å²) in [5.74, 6) is 0. The highest BCUT2D eigenvalue weighted by Gasteiger charge is 2.00. The maximum Gasteiger partial charge on any atom is 0.0408 e. The average Bonchev–Trinajstić information content (AvgIpc) is 2.75. The number of nitrogens with two attached hydrogens (primary N) is 1. The lowest BCUT2D eigenvalue weighted by atomic mass is 10.1. The van der Waals surface area contributed by atoms with E-state index in [1.807, 2.05) is 18.2 Å². The Morgan fingerprint density at radius 1 is 1.12 bits per heavy atom. The number of hydrogen-bond donors (Lipinski definition) is 1. The van der Waals surface area contributed by atoms with E-state index < -0.39 is 0 Å². The van der Waals surface area contributed by atoms with Crippen LogP contribution in [0.2, 0.25) is 5.02 Å². The molecule has 0 unspecified atom stereocenters. The van der Waals surface area contributed by atoms with Crippen molar-refractivity contribution in [1.82, 2.24) is 4.57 Å². The van der Waals surface area contributed by atoms with Gasteiger partial charge in [-0.1, -0.05) is 23.7 Å². The Morgan fingerprint density at radius 3 is 2.76 bits per heavy atom. The standard InChI is InChI=1S/C14H17ClN2/c15-13-4-1-3-12(11-13)7-10-17-9-2-5-14(17)6-8-16/h1-5,9,11H,6-8,10,16H2. The van der Waals surface area contributed by atoms with Gasteiger partial charge in [-0.25, -0.2) is 0 Å². The molecule has 0 saturated carbocycles. The van der Waals surface area contributed by atoms with E-state index >= 15 is 0 Å². The maximum atomic E-state index is 5.96. The van der Waals surface area contributed by atoms with Gasteiger partial charge in [0.1, 0.15) is 0 Å². The number of rotatable bonds is 5. The molecule has 0 fully saturated rings. The number of aryl methyl sites for hydroxylation is 2. The van der Waals surface area contributed by atoms with Crippen LogP contribution in [0.3, 0.4) is 0 Å². The molecule has 0 bridgehead atoms. The van der Waals surface area contributed by atoms with Gasteiger partial charge in [-0.15, -0.1) is 0 Å². The molecule has 2 rings (SSSR count). The van der Waals surface area contributed by atoms with Crippen molar-refractivity contribution >= 4 is 11.6 Å². The van der Waals surface area contributed by atoms with Crippen molar-refractivity contribution in [3.05, 3.63) is 58.9 Å². The van der Waals surface area contributed by atoms with Crippen molar-refractivity contribution < 1.29 is 0 Å². The van der Waals surface area contributed by atoms with Gasteiger partial charge in [-0.3, -0.25) is 0 Å². The third-order valence-electron chi connectivity index (χ3n) is 2.85. The first-order valence-corrected chi connectivity index (χ1v) is 6.26. The fourth-order valence-electron chi connectivity index (χ4n) is 1.98. The molecule has 17 heavy (non-hydrogen) atoms. The molecule has 2 nitrogen and oxygen atoms in total. The lowest BCUT2D eigenvalue weighted by Gasteiger charge is -2.08. The highest BCUT2D eigenvalue weighted by molar-refractivity contribution is 6.30. The quantitative estimate of drug-likeness (QED) is 0.867. The van der Waals surface area contributed by atoms with Crippen LogP contribution in [0.1, 0.15) is 11.3 Å². The second kappa shape index (κ2) is 5.89. The predicted octanol–water partition coefficient (Wildman–Crippen LogP) is 2.89. The summed E-state index contributed by atoms with van der Waals surface area (Å²) < 4.78 is 2.26. The monoisotopic (exact) mass is 248 g/mol. The number of benzene rings is 1. The van der Waals surface area contributed by atoms with Crippen molar-refractivity contribution in [2.24, 2.45) is 5.73 Å². The lowest BCUT2D eigenvalue weighted by molar-refractivity contribution is 0.661. The topological polar surface area (TPSA) is 30.9 Å². The first-order valence-electron chi connectivity index (χ1n) is 5.88. The fraction of sp³-hybridized carbons (Fsp3) is 0.286. The molecule has 0 atom stereocenters. The molecule has 90 valence electrons. The van der Waals surface area contributed by atoms with Crippen molar-refractivity contribution in [3.8, 4) is 0 Å². The second-order valence-corrected chi connectivity index (χ2v) is 4.55. The van der Waals surface area contributed by atoms with Gasteiger partial charge in [0.15, 0.2) is 0 Å². The maximum absolute atomic E-state index is 5.96. The third-order valence-corrected chi connectivity index (χ3v) is 3.09. The van der Waals surface area contributed by atoms with Crippen LogP contribution < -0.4 is 5.73 Å². The van der Waals surface area contributed by atoms with Crippen LogP contribution in [0, 0.1) is 0 Å². The van der Waals surface area contributed by atoms with Crippen molar-refractivity contribution in [3.63, 3.8) is 0 Å². The van der Waals surface area contributed by atoms with Gasteiger partial charge in [0.2, 0.25) is 0 Å². The first-order chi connectivity index (χ1) is 8.29. The summed E-state index contributed by atoms with van der Waals surface area (Å²) in [5, 5.41) is 0.803. The van der Waals surface area contributed by atoms with Gasteiger partial charge in [0.05, 0.1) is 0 Å². The largest absolute Gasteiger partial charge is 0.351 e. The molecule has 0 saturated heterocycles. The molecule has 0 aliphatic rings. The minimum absolute atomic E-state index is 0.696. The molecule has 2 aromatic rings. The van der Waals surface area contributed by atoms with E-state index in [1.54, 1.807) is 0 Å². The highest BCUT2D eigenvalue weighted by atomic mass is 35.5. The number of aromatic nitrogens is 1. The first kappa shape index (κ1) is 12.2. The zero-order valence-corrected chi connectivity index (χ0v) is 10.5. The van der Waals surface area contributed by atoms with Crippen LogP contribution in [0.5, 0.6) is 0 Å². The predicted molar refractivity (Wildman–Crippen MR) is 72.3 cm³/mol. The highest BCUT2D eigenvalue weighted by Crippen LogP contribution is 2.12. The van der Waals surface area contributed by atoms with E-state index in [1.165, 1.54) is 11.3 Å². The Balaban J connectivity index is 1.99. The zero-order chi connectivity index (χ0) is 12.1. The molecule has 0 spiro atoms. The van der Waals surface area contributed by atoms with Crippen LogP contribution in [-0.2, 0) is 19.4 Å². The minimum atomic E-state index is 0.696. The van der Waals surface area contributed by atoms with Crippen molar-refractivity contribution in [1.29, 1.82) is 0 Å². The van der Waals surface area contributed by atoms with E-state index in [2.05, 4.69) is 29.0 Å². The molecular weight excluding hydrogens is 232 g/mol. The van der Waals surface area contributed by atoms with Gasteiger partial charge in [0.25, 0.3) is 0 Å². The summed E-state index contributed by atoms with van der Waals surface area (Å²) in [6.07, 6.45) is 4.03. The number of nitrogens with zero attached hydrogens (tertiary/aromatic N) is 1. The molecule has 3 heteroatoms. The molecule has 1 aromatic heterocycles. The van der Waals surface area contributed by atoms with Crippen LogP contribution in [0.15, 0.2) is 42.6 Å². The van der Waals surface area contributed by atoms with Crippen LogP contribution >= 0.6 is 11.6 Å². The van der Waals surface area contributed by atoms with E-state index in [-0.39, 0.29) is 0 Å². The normalized spacial score (nSPS) is 10.7. The summed E-state index contributed by atoms with van der Waals surface area (Å²) in [6.45, 7) is 1.67. The van der Waals surface area contributed by atoms with Gasteiger partial charge >= 0.3 is 0 Å². The molecule has 1 aromatic carbocycles. The molecule has 0 amide bonds. The molecule has 0 aliphatic heterocycles. The van der Waals surface area contributed by atoms with Crippen molar-refractivity contribution in [2.75, 3.05) is 6.54 Å². The van der Waals surface area contributed by atoms with Crippen LogP contribution in [-0.4, -0.2) is 11.1 Å². The minimum Gasteiger partial charge on any atom is -0.351 e. The average molecular weight is 249 g/mol. The van der Waals surface area contributed by atoms with E-state index in [0.717, 1.165) is 24.4 Å². The molecule has 0 aliphatic carbocycles. The summed E-state index contributed by atoms with van der Waals surface area (Å²) in [5.41, 5.74) is 8.15. The molecular formula is C14H17ClN2. The Labute approximate surface area is 107 Å². The van der Waals surface area contributed by atoms with Crippen molar-refractivity contribution in [2.45, 2.75) is 19.4 Å². The summed E-state index contributed by atoms with van der Waals surface area (Å²) >= 11 is 5.96. The molecule has 1 heterocycles. The Hall–Kier alpha value is -1.25. The third kappa shape index (κ3) is 3.35. The molecule has 0 radical (unpaired) electrons. The second-order valence-electron chi connectivity index (χ2n) is 4.11. The Bertz CT molecular complexity index is 477. The number of halogens is 1. The van der Waals surface area contributed by atoms with E-state index in [9.17, 15) is 0 Å². The van der Waals surface area contributed by atoms with E-state index in [0.29, 0.717) is 6.54 Å². The Kier molecular flexibility index (Phi) is 4.24. The summed E-state index contributed by atoms with van der Waals surface area (Å²) in [6, 6.07) is 12.2. The van der Waals surface area contributed by atoms with Gasteiger partial charge in [-0.2, -0.15) is 0 Å². The van der Waals surface area contributed by atoms with Crippen LogP contribution in [0.25, 0.3) is 0 Å².